The second-order valence-electron chi connectivity index (χ2n) is 28.3. The van der Waals surface area contributed by atoms with Crippen LogP contribution in [0.5, 0.6) is 0 Å². The molecule has 0 N–H and O–H groups in total. The van der Waals surface area contributed by atoms with Crippen molar-refractivity contribution >= 4 is 0 Å². The lowest BCUT2D eigenvalue weighted by molar-refractivity contribution is -0.929. The van der Waals surface area contributed by atoms with Gasteiger partial charge in [0.15, 0.2) is 0 Å². The van der Waals surface area contributed by atoms with Gasteiger partial charge in [0.2, 0.25) is 0 Å². The Morgan fingerprint density at radius 2 is 0.173 bits per heavy atom. The molecule has 0 heterocycles. The molecule has 0 aliphatic carbocycles. The lowest BCUT2D eigenvalue weighted by atomic mass is 10.0. The lowest BCUT2D eigenvalue weighted by Gasteiger charge is -2.40. The van der Waals surface area contributed by atoms with Gasteiger partial charge < -0.3 is 4.48 Å². The molecule has 0 aliphatic heterocycles. The molecule has 0 saturated carbocycles. The first kappa shape index (κ1) is 81.0. The van der Waals surface area contributed by atoms with E-state index in [1.807, 2.05) is 0 Å². The molecular weight excluding hydrogens is 975 g/mol. The molecule has 0 amide bonds. The van der Waals surface area contributed by atoms with Crippen LogP contribution in [-0.4, -0.2) is 30.7 Å². The van der Waals surface area contributed by atoms with E-state index in [1.165, 1.54) is 493 Å². The number of quaternary nitrogens is 1. The molecule has 81 heavy (non-hydrogen) atoms. The summed E-state index contributed by atoms with van der Waals surface area (Å²) in [5, 5.41) is 0. The van der Waals surface area contributed by atoms with E-state index in [9.17, 15) is 0 Å². The molecule has 0 bridgehead atoms. The van der Waals surface area contributed by atoms with Crippen LogP contribution in [0.15, 0.2) is 0 Å². The largest absolute Gasteiger partial charge is 0.324 e. The highest BCUT2D eigenvalue weighted by atomic mass is 15.3. The first-order valence-corrected chi connectivity index (χ1v) is 40.1. The van der Waals surface area contributed by atoms with Gasteiger partial charge >= 0.3 is 0 Å². The Hall–Kier alpha value is -0.0400. The van der Waals surface area contributed by atoms with Gasteiger partial charge in [-0.1, -0.05) is 439 Å². The van der Waals surface area contributed by atoms with Crippen molar-refractivity contribution in [2.75, 3.05) is 26.2 Å². The Labute approximate surface area is 518 Å². The highest BCUT2D eigenvalue weighted by Gasteiger charge is 2.26. The molecule has 0 radical (unpaired) electrons. The number of hydrogen-bond acceptors (Lipinski definition) is 0. The Morgan fingerprint density at radius 1 is 0.0988 bits per heavy atom. The Balaban J connectivity index is 4.98. The van der Waals surface area contributed by atoms with Gasteiger partial charge in [-0.3, -0.25) is 0 Å². The molecule has 0 unspecified atom stereocenters. The van der Waals surface area contributed by atoms with Crippen LogP contribution < -0.4 is 0 Å². The number of nitrogens with zero attached hydrogens (tertiary/aromatic N) is 1. The average Bonchev–Trinajstić information content (AvgIpc) is 3.47. The molecule has 0 atom stereocenters. The van der Waals surface area contributed by atoms with E-state index >= 15 is 0 Å². The van der Waals surface area contributed by atoms with E-state index in [2.05, 4.69) is 27.7 Å². The summed E-state index contributed by atoms with van der Waals surface area (Å²) in [5.74, 6) is 0. The molecule has 0 saturated heterocycles. The van der Waals surface area contributed by atoms with Gasteiger partial charge in [-0.15, -0.1) is 0 Å². The van der Waals surface area contributed by atoms with E-state index < -0.39 is 0 Å². The fourth-order valence-corrected chi connectivity index (χ4v) is 14.1. The van der Waals surface area contributed by atoms with Crippen molar-refractivity contribution in [2.24, 2.45) is 0 Å². The predicted molar refractivity (Wildman–Crippen MR) is 375 cm³/mol. The highest BCUT2D eigenvalue weighted by Crippen LogP contribution is 2.24. The highest BCUT2D eigenvalue weighted by molar-refractivity contribution is 4.59. The predicted octanol–water partition coefficient (Wildman–Crippen LogP) is 30.0. The standard InChI is InChI=1S/C80H164N/c1-5-9-13-17-21-25-29-33-37-41-45-49-53-57-61-65-69-73-77-81(78-74-70-66-62-58-54-50-46-42-38-34-30-26-22-18-14-10-6-2,79-75-71-67-63-59-55-51-47-43-39-35-31-27-23-19-15-11-7-3)80-76-72-68-64-60-56-52-48-44-40-36-32-28-24-20-16-12-8-4/h5-80H2,1-4H3/q+1. The Kier molecular flexibility index (Phi) is 74.2. The molecule has 0 aromatic heterocycles. The lowest BCUT2D eigenvalue weighted by Crippen LogP contribution is -2.50. The molecule has 0 aromatic carbocycles. The zero-order chi connectivity index (χ0) is 58.2. The third kappa shape index (κ3) is 68.9. The number of hydrogen-bond donors (Lipinski definition) is 0. The molecule has 0 spiro atoms. The Bertz CT molecular complexity index is 883. The van der Waals surface area contributed by atoms with Crippen LogP contribution in [0.4, 0.5) is 0 Å². The third-order valence-corrected chi connectivity index (χ3v) is 19.9. The Morgan fingerprint density at radius 3 is 0.259 bits per heavy atom. The minimum Gasteiger partial charge on any atom is -0.324 e. The van der Waals surface area contributed by atoms with Gasteiger partial charge in [-0.25, -0.2) is 0 Å². The fourth-order valence-electron chi connectivity index (χ4n) is 14.1. The van der Waals surface area contributed by atoms with Crippen LogP contribution in [0.2, 0.25) is 0 Å². The van der Waals surface area contributed by atoms with Crippen molar-refractivity contribution in [1.29, 1.82) is 0 Å². The van der Waals surface area contributed by atoms with Gasteiger partial charge in [-0.05, 0) is 51.4 Å². The summed E-state index contributed by atoms with van der Waals surface area (Å²) in [7, 11) is 0. The van der Waals surface area contributed by atoms with Crippen LogP contribution in [0, 0.1) is 0 Å². The van der Waals surface area contributed by atoms with E-state index in [4.69, 9.17) is 0 Å². The van der Waals surface area contributed by atoms with E-state index in [1.54, 1.807) is 0 Å². The average molecular weight is 1140 g/mol. The first-order valence-electron chi connectivity index (χ1n) is 40.1. The topological polar surface area (TPSA) is 0 Å². The van der Waals surface area contributed by atoms with Crippen LogP contribution in [0.3, 0.4) is 0 Å². The van der Waals surface area contributed by atoms with Gasteiger partial charge in [0.1, 0.15) is 0 Å². The monoisotopic (exact) mass is 1140 g/mol. The maximum absolute atomic E-state index is 2.33. The molecule has 0 aliphatic rings. The summed E-state index contributed by atoms with van der Waals surface area (Å²) in [4.78, 5) is 0. The minimum atomic E-state index is 1.37. The molecule has 0 rings (SSSR count). The molecular formula is C80H164N+. The minimum absolute atomic E-state index is 1.37. The van der Waals surface area contributed by atoms with E-state index in [0.29, 0.717) is 0 Å². The van der Waals surface area contributed by atoms with Crippen LogP contribution in [0.25, 0.3) is 0 Å². The summed E-state index contributed by atoms with van der Waals surface area (Å²) < 4.78 is 1.50. The number of unbranched alkanes of at least 4 members (excludes halogenated alkanes) is 68. The molecule has 488 valence electrons. The van der Waals surface area contributed by atoms with Crippen molar-refractivity contribution in [3.8, 4) is 0 Å². The van der Waals surface area contributed by atoms with Crippen LogP contribution in [0.1, 0.15) is 490 Å². The molecule has 1 nitrogen and oxygen atoms in total. The van der Waals surface area contributed by atoms with Crippen molar-refractivity contribution in [3.05, 3.63) is 0 Å². The molecule has 0 aromatic rings. The van der Waals surface area contributed by atoms with E-state index in [-0.39, 0.29) is 0 Å². The van der Waals surface area contributed by atoms with Crippen molar-refractivity contribution < 1.29 is 4.48 Å². The van der Waals surface area contributed by atoms with Gasteiger partial charge in [0.05, 0.1) is 26.2 Å². The first-order chi connectivity index (χ1) is 40.2. The van der Waals surface area contributed by atoms with Crippen molar-refractivity contribution in [2.45, 2.75) is 490 Å². The summed E-state index contributed by atoms with van der Waals surface area (Å²) in [5.41, 5.74) is 0. The van der Waals surface area contributed by atoms with Crippen molar-refractivity contribution in [3.63, 3.8) is 0 Å². The van der Waals surface area contributed by atoms with Crippen LogP contribution in [-0.2, 0) is 0 Å². The third-order valence-electron chi connectivity index (χ3n) is 19.9. The summed E-state index contributed by atoms with van der Waals surface area (Å²) in [6, 6.07) is 0. The zero-order valence-electron chi connectivity index (χ0n) is 58.2. The molecule has 0 fully saturated rings. The maximum atomic E-state index is 2.33. The van der Waals surface area contributed by atoms with Crippen molar-refractivity contribution in [1.82, 2.24) is 0 Å². The normalized spacial score (nSPS) is 12.0. The summed E-state index contributed by atoms with van der Waals surface area (Å²) in [6.45, 7) is 15.3. The van der Waals surface area contributed by atoms with Gasteiger partial charge in [0.25, 0.3) is 0 Å². The maximum Gasteiger partial charge on any atom is 0.0786 e. The number of rotatable bonds is 76. The smallest absolute Gasteiger partial charge is 0.0786 e. The summed E-state index contributed by atoms with van der Waals surface area (Å²) >= 11 is 0. The SMILES string of the molecule is CCCCCCCCCCCCCCCCCCCC[N+](CCCCCCCCCCCCCCCCCCCC)(CCCCCCCCCCCCCCCCCCCC)CCCCCCCCCCCCCCCCCCCC. The molecule has 1 heteroatoms. The second-order valence-corrected chi connectivity index (χ2v) is 28.3. The second kappa shape index (κ2) is 74.2. The van der Waals surface area contributed by atoms with E-state index in [0.717, 1.165) is 0 Å². The summed E-state index contributed by atoms with van der Waals surface area (Å²) in [6.07, 6.45) is 107. The quantitative estimate of drug-likeness (QED) is 0.0421. The fraction of sp³-hybridized carbons (Fsp3) is 1.00. The van der Waals surface area contributed by atoms with Gasteiger partial charge in [0, 0.05) is 0 Å². The van der Waals surface area contributed by atoms with Gasteiger partial charge in [-0.2, -0.15) is 0 Å². The zero-order valence-corrected chi connectivity index (χ0v) is 58.2. The van der Waals surface area contributed by atoms with Crippen LogP contribution >= 0.6 is 0 Å².